The number of aryl methyl sites for hydroxylation is 1. The molecule has 3 aromatic carbocycles. The van der Waals surface area contributed by atoms with E-state index in [1.54, 1.807) is 4.90 Å². The molecule has 2 aliphatic rings. The molecule has 1 saturated heterocycles. The smallest absolute Gasteiger partial charge is 0.266 e. The van der Waals surface area contributed by atoms with E-state index in [1.807, 2.05) is 87.5 Å². The summed E-state index contributed by atoms with van der Waals surface area (Å²) in [6, 6.07) is 19.5. The highest BCUT2D eigenvalue weighted by atomic mass is 32.2. The molecule has 39 heavy (non-hydrogen) atoms. The normalized spacial score (nSPS) is 17.2. The van der Waals surface area contributed by atoms with Gasteiger partial charge in [0.1, 0.15) is 6.61 Å². The Balaban J connectivity index is 1.37. The van der Waals surface area contributed by atoms with Gasteiger partial charge in [0, 0.05) is 6.04 Å². The van der Waals surface area contributed by atoms with Gasteiger partial charge in [-0.1, -0.05) is 36.8 Å². The minimum Gasteiger partial charge on any atom is -0.490 e. The fourth-order valence-corrected chi connectivity index (χ4v) is 5.30. The summed E-state index contributed by atoms with van der Waals surface area (Å²) in [4.78, 5) is 20.7. The van der Waals surface area contributed by atoms with E-state index in [0.29, 0.717) is 34.8 Å². The van der Waals surface area contributed by atoms with E-state index in [0.717, 1.165) is 34.7 Å². The van der Waals surface area contributed by atoms with E-state index < -0.39 is 0 Å². The average Bonchev–Trinajstić information content (AvgIpc) is 3.53. The van der Waals surface area contributed by atoms with Gasteiger partial charge in [-0.05, 0) is 92.6 Å². The van der Waals surface area contributed by atoms with Crippen molar-refractivity contribution in [3.8, 4) is 23.0 Å². The van der Waals surface area contributed by atoms with Crippen LogP contribution in [-0.2, 0) is 11.4 Å². The van der Waals surface area contributed by atoms with Crippen LogP contribution in [0.4, 0.5) is 5.69 Å². The Bertz CT molecular complexity index is 1420. The number of hydrogen-bond acceptors (Lipinski definition) is 7. The summed E-state index contributed by atoms with van der Waals surface area (Å²) in [5.41, 5.74) is 3.81. The molecule has 2 heterocycles. The molecule has 0 aromatic heterocycles. The van der Waals surface area contributed by atoms with Gasteiger partial charge in [0.2, 0.25) is 6.79 Å². The number of hydrogen-bond donors (Lipinski definition) is 0. The number of ether oxygens (including phenoxy) is 4. The Labute approximate surface area is 233 Å². The molecule has 1 atom stereocenters. The first-order valence-electron chi connectivity index (χ1n) is 13.1. The molecule has 0 radical (unpaired) electrons. The molecule has 7 nitrogen and oxygen atoms in total. The largest absolute Gasteiger partial charge is 0.490 e. The van der Waals surface area contributed by atoms with Gasteiger partial charge < -0.3 is 18.9 Å². The first-order chi connectivity index (χ1) is 18.9. The first-order valence-corrected chi connectivity index (χ1v) is 13.9. The third-order valence-electron chi connectivity index (χ3n) is 6.52. The van der Waals surface area contributed by atoms with Gasteiger partial charge >= 0.3 is 0 Å². The SMILES string of the molecule is CCOc1cc(/C=C2/SC(=Nc3ccc(C)cc3)N([C@@H](C)CC)C2=O)ccc1OCc1ccc2c(c1)OCO2. The fraction of sp³-hybridized carbons (Fsp3) is 0.290. The van der Waals surface area contributed by atoms with Crippen molar-refractivity contribution in [3.63, 3.8) is 0 Å². The monoisotopic (exact) mass is 544 g/mol. The standard InChI is InChI=1S/C31H32N2O5S/c1-5-21(4)33-30(34)29(39-31(33)32-24-11-7-20(3)8-12-24)17-22-9-13-25(27(15-22)35-6-2)36-18-23-10-14-26-28(16-23)38-19-37-26/h7-17,21H,5-6,18-19H2,1-4H3/b29-17+,32-31?/t21-/m0/s1. The van der Waals surface area contributed by atoms with Gasteiger partial charge in [0.25, 0.3) is 5.91 Å². The molecule has 8 heteroatoms. The molecule has 0 aliphatic carbocycles. The molecule has 1 amide bonds. The second-order valence-corrected chi connectivity index (χ2v) is 10.4. The zero-order chi connectivity index (χ0) is 27.4. The lowest BCUT2D eigenvalue weighted by Gasteiger charge is -2.22. The summed E-state index contributed by atoms with van der Waals surface area (Å²) < 4.78 is 22.8. The van der Waals surface area contributed by atoms with Gasteiger partial charge in [-0.2, -0.15) is 0 Å². The van der Waals surface area contributed by atoms with Crippen LogP contribution in [0.25, 0.3) is 6.08 Å². The number of benzene rings is 3. The minimum atomic E-state index is -0.0405. The van der Waals surface area contributed by atoms with E-state index in [1.165, 1.54) is 17.3 Å². The summed E-state index contributed by atoms with van der Waals surface area (Å²) >= 11 is 1.40. The Kier molecular flexibility index (Phi) is 8.12. The van der Waals surface area contributed by atoms with Crippen molar-refractivity contribution in [2.24, 2.45) is 4.99 Å². The van der Waals surface area contributed by atoms with Crippen LogP contribution in [0, 0.1) is 6.92 Å². The molecule has 202 valence electrons. The van der Waals surface area contributed by atoms with Crippen molar-refractivity contribution in [1.82, 2.24) is 4.90 Å². The topological polar surface area (TPSA) is 69.6 Å². The molecule has 5 rings (SSSR count). The number of aliphatic imine (C=N–C) groups is 1. The second-order valence-electron chi connectivity index (χ2n) is 9.39. The molecule has 0 bridgehead atoms. The van der Waals surface area contributed by atoms with Gasteiger partial charge in [-0.25, -0.2) is 4.99 Å². The Morgan fingerprint density at radius 2 is 1.79 bits per heavy atom. The molecule has 0 unspecified atom stereocenters. The summed E-state index contributed by atoms with van der Waals surface area (Å²) in [6.45, 7) is 9.18. The van der Waals surface area contributed by atoms with Crippen molar-refractivity contribution in [3.05, 3.63) is 82.3 Å². The Morgan fingerprint density at radius 3 is 2.56 bits per heavy atom. The highest BCUT2D eigenvalue weighted by Crippen LogP contribution is 2.38. The number of amides is 1. The highest BCUT2D eigenvalue weighted by Gasteiger charge is 2.36. The van der Waals surface area contributed by atoms with Gasteiger partial charge in [-0.3, -0.25) is 9.69 Å². The molecule has 0 N–H and O–H groups in total. The third kappa shape index (κ3) is 6.06. The molecule has 3 aromatic rings. The number of rotatable bonds is 9. The van der Waals surface area contributed by atoms with Crippen LogP contribution in [0.3, 0.4) is 0 Å². The predicted octanol–water partition coefficient (Wildman–Crippen LogP) is 7.10. The number of carbonyl (C=O) groups is 1. The maximum atomic E-state index is 13.5. The molecule has 2 aliphatic heterocycles. The van der Waals surface area contributed by atoms with Gasteiger partial charge in [0.05, 0.1) is 17.2 Å². The van der Waals surface area contributed by atoms with Crippen molar-refractivity contribution < 1.29 is 23.7 Å². The predicted molar refractivity (Wildman–Crippen MR) is 155 cm³/mol. The number of thioether (sulfide) groups is 1. The van der Waals surface area contributed by atoms with Crippen molar-refractivity contribution >= 4 is 34.6 Å². The summed E-state index contributed by atoms with van der Waals surface area (Å²) in [5, 5.41) is 0.693. The Morgan fingerprint density at radius 1 is 1.00 bits per heavy atom. The van der Waals surface area contributed by atoms with Crippen LogP contribution in [0.1, 0.15) is 43.9 Å². The molecular weight excluding hydrogens is 512 g/mol. The number of fused-ring (bicyclic) bond motifs is 1. The lowest BCUT2D eigenvalue weighted by Crippen LogP contribution is -2.36. The van der Waals surface area contributed by atoms with Crippen molar-refractivity contribution in [2.45, 2.75) is 46.8 Å². The van der Waals surface area contributed by atoms with E-state index in [4.69, 9.17) is 23.9 Å². The first kappa shape index (κ1) is 26.7. The van der Waals surface area contributed by atoms with Gasteiger partial charge in [-0.15, -0.1) is 0 Å². The zero-order valence-corrected chi connectivity index (χ0v) is 23.4. The average molecular weight is 545 g/mol. The maximum Gasteiger partial charge on any atom is 0.266 e. The van der Waals surface area contributed by atoms with Gasteiger partial charge in [0.15, 0.2) is 28.2 Å². The van der Waals surface area contributed by atoms with Crippen molar-refractivity contribution in [1.29, 1.82) is 0 Å². The molecule has 1 fully saturated rings. The van der Waals surface area contributed by atoms with Crippen LogP contribution >= 0.6 is 11.8 Å². The number of amidine groups is 1. The zero-order valence-electron chi connectivity index (χ0n) is 22.6. The van der Waals surface area contributed by atoms with Crippen molar-refractivity contribution in [2.75, 3.05) is 13.4 Å². The van der Waals surface area contributed by atoms with Crippen LogP contribution in [-0.4, -0.2) is 35.4 Å². The quantitative estimate of drug-likeness (QED) is 0.268. The number of carbonyl (C=O) groups excluding carboxylic acids is 1. The summed E-state index contributed by atoms with van der Waals surface area (Å²) in [5.74, 6) is 2.67. The molecule has 0 spiro atoms. The van der Waals surface area contributed by atoms with E-state index in [2.05, 4.69) is 6.92 Å². The summed E-state index contributed by atoms with van der Waals surface area (Å²) in [7, 11) is 0. The van der Waals surface area contributed by atoms with Crippen LogP contribution in [0.15, 0.2) is 70.6 Å². The second kappa shape index (κ2) is 11.9. The lowest BCUT2D eigenvalue weighted by molar-refractivity contribution is -0.123. The summed E-state index contributed by atoms with van der Waals surface area (Å²) in [6.07, 6.45) is 2.72. The van der Waals surface area contributed by atoms with E-state index >= 15 is 0 Å². The lowest BCUT2D eigenvalue weighted by atomic mass is 10.1. The van der Waals surface area contributed by atoms with Crippen LogP contribution in [0.5, 0.6) is 23.0 Å². The van der Waals surface area contributed by atoms with E-state index in [-0.39, 0.29) is 18.7 Å². The fourth-order valence-electron chi connectivity index (χ4n) is 4.21. The van der Waals surface area contributed by atoms with Crippen LogP contribution < -0.4 is 18.9 Å². The highest BCUT2D eigenvalue weighted by molar-refractivity contribution is 8.18. The third-order valence-corrected chi connectivity index (χ3v) is 7.51. The van der Waals surface area contributed by atoms with Crippen LogP contribution in [0.2, 0.25) is 0 Å². The number of nitrogens with zero attached hydrogens (tertiary/aromatic N) is 2. The molecular formula is C31H32N2O5S. The minimum absolute atomic E-state index is 0.0334. The maximum absolute atomic E-state index is 13.5. The molecule has 0 saturated carbocycles. The van der Waals surface area contributed by atoms with E-state index in [9.17, 15) is 4.79 Å². The Hall–Kier alpha value is -3.91.